The van der Waals surface area contributed by atoms with Gasteiger partial charge in [-0.2, -0.15) is 0 Å². The summed E-state index contributed by atoms with van der Waals surface area (Å²) in [7, 11) is 0. The quantitative estimate of drug-likeness (QED) is 0.0157. The molecule has 0 spiro atoms. The number of ether oxygens (including phenoxy) is 4. The minimum Gasteiger partial charge on any atom is -0.460 e. The predicted molar refractivity (Wildman–Crippen MR) is 335 cm³/mol. The number of nitrogens with two attached hydrogens (primary N) is 1. The molecule has 1 saturated carbocycles. The van der Waals surface area contributed by atoms with Crippen LogP contribution in [-0.2, 0) is 75.1 Å². The average molecular weight is 1260 g/mol. The zero-order chi connectivity index (χ0) is 67.2. The van der Waals surface area contributed by atoms with Gasteiger partial charge in [-0.25, -0.2) is 19.2 Å². The molecule has 90 heavy (non-hydrogen) atoms. The molecule has 1 aliphatic carbocycles. The van der Waals surface area contributed by atoms with Crippen molar-refractivity contribution in [1.29, 1.82) is 0 Å². The standard InChI is InChI=1S/C65H95N9O16/c1-61(2,3)87-50(76)31-29-46(72-58(84)65(33-18-34-65)57(83)71-45(22-17-36-68-59(66)85)53(79)69-44-27-24-40(39-75)25-28-44)54(80)70-49(38-41-23-26-42-19-13-14-20-43(42)37-41)52(78)67-35-16-15-21-47(55(81)89-63(7,8)9)73-60(86)74-48(56(82)90-64(10,11)12)30-32-51(77)88-62(4,5)6/h13-14,19-20,23-28,37,45-49,75H,15-18,21-22,29-36,38-39H2,1-12H3,(H,67,78)(H,69,79)(H,70,80)(H,71,83)(H,72,84)(H3,66,68,85)(H2,73,74,86)/t45-,46-,47-,48-,49-/m0/s1. The van der Waals surface area contributed by atoms with Crippen molar-refractivity contribution < 1.29 is 76.8 Å². The topological polar surface area (TPSA) is 367 Å². The fraction of sp³-hybridized carbons (Fsp3) is 0.585. The fourth-order valence-corrected chi connectivity index (χ4v) is 9.46. The monoisotopic (exact) mass is 1260 g/mol. The number of aliphatic hydroxyl groups is 1. The summed E-state index contributed by atoms with van der Waals surface area (Å²) < 4.78 is 22.1. The van der Waals surface area contributed by atoms with E-state index in [0.717, 1.165) is 10.8 Å². The Morgan fingerprint density at radius 3 is 1.48 bits per heavy atom. The van der Waals surface area contributed by atoms with Crippen LogP contribution in [-0.4, -0.2) is 136 Å². The number of urea groups is 2. The van der Waals surface area contributed by atoms with Gasteiger partial charge in [0.25, 0.3) is 0 Å². The third-order valence-electron chi connectivity index (χ3n) is 13.9. The van der Waals surface area contributed by atoms with Crippen LogP contribution in [0.15, 0.2) is 66.7 Å². The molecule has 0 aromatic heterocycles. The van der Waals surface area contributed by atoms with E-state index in [1.54, 1.807) is 113 Å². The molecule has 0 unspecified atom stereocenters. The lowest BCUT2D eigenvalue weighted by atomic mass is 9.67. The van der Waals surface area contributed by atoms with Crippen LogP contribution < -0.4 is 48.3 Å². The van der Waals surface area contributed by atoms with Gasteiger partial charge in [0.15, 0.2) is 0 Å². The minimum atomic E-state index is -1.77. The number of unbranched alkanes of at least 4 members (excludes halogenated alkanes) is 1. The van der Waals surface area contributed by atoms with Crippen LogP contribution in [0, 0.1) is 5.41 Å². The molecule has 496 valence electrons. The molecule has 0 heterocycles. The number of rotatable bonds is 31. The Bertz CT molecular complexity index is 2990. The second-order valence-corrected chi connectivity index (χ2v) is 26.5. The van der Waals surface area contributed by atoms with Gasteiger partial charge < -0.3 is 72.3 Å². The number of anilines is 1. The third-order valence-corrected chi connectivity index (χ3v) is 13.9. The molecule has 9 amide bonds. The number of esters is 4. The Morgan fingerprint density at radius 2 is 0.978 bits per heavy atom. The first-order valence-electron chi connectivity index (χ1n) is 30.6. The van der Waals surface area contributed by atoms with Crippen molar-refractivity contribution in [3.8, 4) is 0 Å². The zero-order valence-electron chi connectivity index (χ0n) is 54.2. The smallest absolute Gasteiger partial charge is 0.329 e. The van der Waals surface area contributed by atoms with Crippen molar-refractivity contribution in [1.82, 2.24) is 37.2 Å². The molecule has 25 heteroatoms. The van der Waals surface area contributed by atoms with Crippen molar-refractivity contribution in [2.24, 2.45) is 11.1 Å². The van der Waals surface area contributed by atoms with Crippen molar-refractivity contribution >= 4 is 81.9 Å². The van der Waals surface area contributed by atoms with E-state index in [1.165, 1.54) is 0 Å². The molecular weight excluding hydrogens is 1160 g/mol. The number of hydrogen-bond acceptors (Lipinski definition) is 16. The molecule has 0 saturated heterocycles. The molecule has 0 aliphatic heterocycles. The Labute approximate surface area is 527 Å². The number of nitrogens with one attached hydrogen (secondary N) is 8. The lowest BCUT2D eigenvalue weighted by Crippen LogP contribution is -2.62. The van der Waals surface area contributed by atoms with Crippen molar-refractivity contribution in [2.45, 2.75) is 226 Å². The minimum absolute atomic E-state index is 0.00576. The van der Waals surface area contributed by atoms with Gasteiger partial charge in [-0.05, 0) is 175 Å². The van der Waals surface area contributed by atoms with Gasteiger partial charge in [0.05, 0.1) is 6.61 Å². The highest BCUT2D eigenvalue weighted by molar-refractivity contribution is 6.09. The molecule has 0 radical (unpaired) electrons. The summed E-state index contributed by atoms with van der Waals surface area (Å²) in [4.78, 5) is 150. The summed E-state index contributed by atoms with van der Waals surface area (Å²) in [5.74, 6) is -6.68. The Kier molecular flexibility index (Phi) is 27.6. The van der Waals surface area contributed by atoms with E-state index in [9.17, 15) is 57.8 Å². The van der Waals surface area contributed by atoms with E-state index < -0.39 is 124 Å². The molecule has 0 bridgehead atoms. The molecule has 1 fully saturated rings. The van der Waals surface area contributed by atoms with Gasteiger partial charge in [-0.3, -0.25) is 33.6 Å². The Hall–Kier alpha value is -8.35. The number of hydrogen-bond donors (Lipinski definition) is 10. The highest BCUT2D eigenvalue weighted by Gasteiger charge is 2.52. The average Bonchev–Trinajstić information content (AvgIpc) is 1.04. The number of aliphatic hydroxyl groups excluding tert-OH is 1. The van der Waals surface area contributed by atoms with Crippen LogP contribution in [0.2, 0.25) is 0 Å². The number of amides is 9. The van der Waals surface area contributed by atoms with Crippen molar-refractivity contribution in [2.75, 3.05) is 18.4 Å². The maximum Gasteiger partial charge on any atom is 0.329 e. The first-order chi connectivity index (χ1) is 41.9. The molecule has 3 aromatic carbocycles. The lowest BCUT2D eigenvalue weighted by molar-refractivity contribution is -0.159. The normalized spacial score (nSPS) is 14.7. The van der Waals surface area contributed by atoms with Gasteiger partial charge in [0.2, 0.25) is 29.5 Å². The summed E-state index contributed by atoms with van der Waals surface area (Å²) >= 11 is 0. The molecule has 1 aliphatic rings. The summed E-state index contributed by atoms with van der Waals surface area (Å²) in [6.07, 6.45) is 0.0351. The number of benzene rings is 3. The maximum atomic E-state index is 14.8. The van der Waals surface area contributed by atoms with Crippen LogP contribution in [0.1, 0.15) is 171 Å². The van der Waals surface area contributed by atoms with E-state index in [4.69, 9.17) is 24.7 Å². The second kappa shape index (κ2) is 33.5. The van der Waals surface area contributed by atoms with Gasteiger partial charge in [-0.1, -0.05) is 61.0 Å². The lowest BCUT2D eigenvalue weighted by Gasteiger charge is -2.40. The molecule has 25 nitrogen and oxygen atoms in total. The van der Waals surface area contributed by atoms with E-state index in [0.29, 0.717) is 23.2 Å². The van der Waals surface area contributed by atoms with Gasteiger partial charge in [0.1, 0.15) is 58.0 Å². The van der Waals surface area contributed by atoms with Gasteiger partial charge in [0, 0.05) is 38.0 Å². The summed E-state index contributed by atoms with van der Waals surface area (Å²) in [5.41, 5.74) is 1.48. The summed E-state index contributed by atoms with van der Waals surface area (Å²) in [6.45, 7) is 19.8. The van der Waals surface area contributed by atoms with Crippen LogP contribution in [0.3, 0.4) is 0 Å². The van der Waals surface area contributed by atoms with Gasteiger partial charge >= 0.3 is 35.9 Å². The van der Waals surface area contributed by atoms with Gasteiger partial charge in [-0.15, -0.1) is 0 Å². The van der Waals surface area contributed by atoms with Crippen LogP contribution in [0.4, 0.5) is 15.3 Å². The van der Waals surface area contributed by atoms with E-state index >= 15 is 0 Å². The van der Waals surface area contributed by atoms with E-state index in [2.05, 4.69) is 42.5 Å². The number of primary amides is 1. The van der Waals surface area contributed by atoms with Crippen LogP contribution >= 0.6 is 0 Å². The summed E-state index contributed by atoms with van der Waals surface area (Å²) in [5, 5.41) is 32.7. The third kappa shape index (κ3) is 26.4. The maximum absolute atomic E-state index is 14.8. The predicted octanol–water partition coefficient (Wildman–Crippen LogP) is 5.84. The number of fused-ring (bicyclic) bond motifs is 1. The van der Waals surface area contributed by atoms with Crippen molar-refractivity contribution in [3.63, 3.8) is 0 Å². The Morgan fingerprint density at radius 1 is 0.500 bits per heavy atom. The van der Waals surface area contributed by atoms with Crippen LogP contribution in [0.5, 0.6) is 0 Å². The molecule has 5 atom stereocenters. The summed E-state index contributed by atoms with van der Waals surface area (Å²) in [6, 6.07) is 11.1. The first-order valence-corrected chi connectivity index (χ1v) is 30.6. The Balaban J connectivity index is 1.57. The molecule has 3 aromatic rings. The fourth-order valence-electron chi connectivity index (χ4n) is 9.46. The molecule has 4 rings (SSSR count). The van der Waals surface area contributed by atoms with Crippen molar-refractivity contribution in [3.05, 3.63) is 77.9 Å². The highest BCUT2D eigenvalue weighted by Crippen LogP contribution is 2.42. The molecular formula is C65H95N9O16. The number of carbonyl (C=O) groups is 11. The second-order valence-electron chi connectivity index (χ2n) is 26.5. The van der Waals surface area contributed by atoms with E-state index in [-0.39, 0.29) is 96.7 Å². The highest BCUT2D eigenvalue weighted by atomic mass is 16.6. The number of carbonyl (C=O) groups excluding carboxylic acids is 11. The first kappa shape index (κ1) is 74.1. The van der Waals surface area contributed by atoms with Crippen LogP contribution in [0.25, 0.3) is 10.8 Å². The van der Waals surface area contributed by atoms with E-state index in [1.807, 2.05) is 36.4 Å². The molecule has 11 N–H and O–H groups in total. The SMILES string of the molecule is CC(C)(C)OC(=O)CC[C@H](NC(=O)C1(C(=O)N[C@@H](CCCNC(N)=O)C(=O)Nc2ccc(CO)cc2)CCC1)C(=O)N[C@@H](Cc1ccc2ccccc2c1)C(=O)NCCCC[C@H](NC(=O)N[C@@H](CCC(=O)OC(C)(C)C)C(=O)OC(C)(C)C)C(=O)OC(C)(C)C. The zero-order valence-corrected chi connectivity index (χ0v) is 54.2. The largest absolute Gasteiger partial charge is 0.460 e.